The van der Waals surface area contributed by atoms with Crippen molar-refractivity contribution in [3.8, 4) is 0 Å². The lowest BCUT2D eigenvalue weighted by Gasteiger charge is -2.29. The van der Waals surface area contributed by atoms with E-state index in [0.29, 0.717) is 11.1 Å². The molecule has 0 spiro atoms. The highest BCUT2D eigenvalue weighted by molar-refractivity contribution is 7.99. The van der Waals surface area contributed by atoms with E-state index in [4.69, 9.17) is 11.5 Å². The fourth-order valence-corrected chi connectivity index (χ4v) is 3.02. The van der Waals surface area contributed by atoms with Crippen LogP contribution in [0, 0.1) is 5.92 Å². The molecule has 1 aromatic heterocycles. The summed E-state index contributed by atoms with van der Waals surface area (Å²) in [5.41, 5.74) is 11.0. The molecule has 0 aromatic carbocycles. The van der Waals surface area contributed by atoms with E-state index in [0.717, 1.165) is 6.42 Å². The van der Waals surface area contributed by atoms with Crippen LogP contribution in [0.25, 0.3) is 0 Å². The molecule has 1 amide bonds. The third kappa shape index (κ3) is 4.22. The van der Waals surface area contributed by atoms with Gasteiger partial charge in [-0.1, -0.05) is 31.5 Å². The first-order chi connectivity index (χ1) is 9.54. The second-order valence-electron chi connectivity index (χ2n) is 5.06. The summed E-state index contributed by atoms with van der Waals surface area (Å²) in [6.07, 6.45) is 4.68. The molecule has 7 nitrogen and oxygen atoms in total. The summed E-state index contributed by atoms with van der Waals surface area (Å²) in [6.45, 7) is 2.19. The van der Waals surface area contributed by atoms with E-state index in [-0.39, 0.29) is 29.6 Å². The van der Waals surface area contributed by atoms with Gasteiger partial charge in [0.05, 0.1) is 5.75 Å². The van der Waals surface area contributed by atoms with E-state index < -0.39 is 0 Å². The molecular formula is C12H20N6OS. The van der Waals surface area contributed by atoms with Crippen molar-refractivity contribution in [3.63, 3.8) is 0 Å². The lowest BCUT2D eigenvalue weighted by atomic mass is 9.86. The summed E-state index contributed by atoms with van der Waals surface area (Å²) in [4.78, 5) is 23.5. The first-order valence-electron chi connectivity index (χ1n) is 6.74. The van der Waals surface area contributed by atoms with Crippen LogP contribution in [-0.2, 0) is 4.79 Å². The van der Waals surface area contributed by atoms with Gasteiger partial charge in [0.25, 0.3) is 0 Å². The highest BCUT2D eigenvalue weighted by Crippen LogP contribution is 2.24. The van der Waals surface area contributed by atoms with Crippen LogP contribution in [0.15, 0.2) is 5.16 Å². The molecule has 5 N–H and O–H groups in total. The van der Waals surface area contributed by atoms with Gasteiger partial charge in [0.1, 0.15) is 0 Å². The Morgan fingerprint density at radius 2 is 1.90 bits per heavy atom. The molecule has 0 saturated heterocycles. The lowest BCUT2D eigenvalue weighted by molar-refractivity contribution is -0.119. The van der Waals surface area contributed by atoms with Crippen LogP contribution in [0.1, 0.15) is 32.6 Å². The molecule has 1 fully saturated rings. The van der Waals surface area contributed by atoms with Crippen molar-refractivity contribution < 1.29 is 4.79 Å². The van der Waals surface area contributed by atoms with Gasteiger partial charge in [-0.2, -0.15) is 15.0 Å². The van der Waals surface area contributed by atoms with E-state index >= 15 is 0 Å². The summed E-state index contributed by atoms with van der Waals surface area (Å²) >= 11 is 1.21. The Morgan fingerprint density at radius 3 is 2.55 bits per heavy atom. The maximum atomic E-state index is 11.9. The molecule has 0 unspecified atom stereocenters. The molecule has 0 aliphatic heterocycles. The number of hydrogen-bond donors (Lipinski definition) is 3. The zero-order chi connectivity index (χ0) is 14.5. The number of nitrogens with one attached hydrogen (secondary N) is 1. The minimum absolute atomic E-state index is 0.00805. The van der Waals surface area contributed by atoms with Gasteiger partial charge in [-0.3, -0.25) is 4.79 Å². The first-order valence-corrected chi connectivity index (χ1v) is 7.72. The number of amides is 1. The van der Waals surface area contributed by atoms with Crippen molar-refractivity contribution in [1.82, 2.24) is 20.3 Å². The zero-order valence-corrected chi connectivity index (χ0v) is 12.3. The lowest BCUT2D eigenvalue weighted by Crippen LogP contribution is -2.41. The summed E-state index contributed by atoms with van der Waals surface area (Å²) in [5.74, 6) is 0.932. The number of anilines is 2. The third-order valence-corrected chi connectivity index (χ3v) is 4.29. The van der Waals surface area contributed by atoms with E-state index in [2.05, 4.69) is 27.2 Å². The number of nitrogen functional groups attached to an aromatic ring is 2. The summed E-state index contributed by atoms with van der Waals surface area (Å²) < 4.78 is 0. The zero-order valence-electron chi connectivity index (χ0n) is 11.5. The fourth-order valence-electron chi connectivity index (χ4n) is 2.36. The van der Waals surface area contributed by atoms with Crippen molar-refractivity contribution in [1.29, 1.82) is 0 Å². The van der Waals surface area contributed by atoms with Crippen LogP contribution in [0.4, 0.5) is 11.9 Å². The largest absolute Gasteiger partial charge is 0.368 e. The van der Waals surface area contributed by atoms with Gasteiger partial charge in [0.15, 0.2) is 5.16 Å². The molecule has 2 rings (SSSR count). The Hall–Kier alpha value is -1.57. The Kier molecular flexibility index (Phi) is 4.99. The van der Waals surface area contributed by atoms with Crippen molar-refractivity contribution >= 4 is 29.6 Å². The van der Waals surface area contributed by atoms with Gasteiger partial charge in [-0.15, -0.1) is 0 Å². The fraction of sp³-hybridized carbons (Fsp3) is 0.667. The van der Waals surface area contributed by atoms with Crippen molar-refractivity contribution in [3.05, 3.63) is 0 Å². The predicted molar refractivity (Wildman–Crippen MR) is 78.9 cm³/mol. The topological polar surface area (TPSA) is 120 Å². The van der Waals surface area contributed by atoms with E-state index in [1.807, 2.05) is 0 Å². The number of nitrogens with zero attached hydrogens (tertiary/aromatic N) is 3. The summed E-state index contributed by atoms with van der Waals surface area (Å²) in [7, 11) is 0. The first kappa shape index (κ1) is 14.8. The van der Waals surface area contributed by atoms with Crippen LogP contribution >= 0.6 is 11.8 Å². The van der Waals surface area contributed by atoms with E-state index in [1.165, 1.54) is 31.0 Å². The molecule has 110 valence electrons. The highest BCUT2D eigenvalue weighted by atomic mass is 32.2. The number of rotatable bonds is 4. The Bertz CT molecular complexity index is 463. The van der Waals surface area contributed by atoms with Crippen molar-refractivity contribution in [2.75, 3.05) is 17.2 Å². The van der Waals surface area contributed by atoms with E-state index in [1.54, 1.807) is 0 Å². The van der Waals surface area contributed by atoms with Gasteiger partial charge in [0, 0.05) is 6.04 Å². The van der Waals surface area contributed by atoms with Crippen LogP contribution in [-0.4, -0.2) is 32.7 Å². The van der Waals surface area contributed by atoms with Gasteiger partial charge >= 0.3 is 0 Å². The molecule has 1 heterocycles. The van der Waals surface area contributed by atoms with Gasteiger partial charge < -0.3 is 16.8 Å². The van der Waals surface area contributed by atoms with Crippen molar-refractivity contribution in [2.45, 2.75) is 43.8 Å². The third-order valence-electron chi connectivity index (χ3n) is 3.44. The second-order valence-corrected chi connectivity index (χ2v) is 6.00. The molecule has 2 atom stereocenters. The summed E-state index contributed by atoms with van der Waals surface area (Å²) in [6, 6.07) is 0.283. The molecular weight excluding hydrogens is 276 g/mol. The molecule has 0 radical (unpaired) electrons. The van der Waals surface area contributed by atoms with Gasteiger partial charge in [0.2, 0.25) is 17.8 Å². The molecule has 1 aliphatic carbocycles. The van der Waals surface area contributed by atoms with Crippen molar-refractivity contribution in [2.24, 2.45) is 5.92 Å². The predicted octanol–water partition coefficient (Wildman–Crippen LogP) is 0.823. The minimum Gasteiger partial charge on any atom is -0.368 e. The number of hydrogen-bond acceptors (Lipinski definition) is 7. The van der Waals surface area contributed by atoms with Gasteiger partial charge in [-0.05, 0) is 18.8 Å². The number of thioether (sulfide) groups is 1. The number of carbonyl (C=O) groups excluding carboxylic acids is 1. The average molecular weight is 296 g/mol. The molecule has 0 bridgehead atoms. The normalized spacial score (nSPS) is 22.4. The second kappa shape index (κ2) is 6.74. The van der Waals surface area contributed by atoms with Crippen LogP contribution in [0.3, 0.4) is 0 Å². The molecule has 1 aliphatic rings. The van der Waals surface area contributed by atoms with Crippen LogP contribution < -0.4 is 16.8 Å². The highest BCUT2D eigenvalue weighted by Gasteiger charge is 2.22. The average Bonchev–Trinajstić information content (AvgIpc) is 2.38. The van der Waals surface area contributed by atoms with Gasteiger partial charge in [-0.25, -0.2) is 0 Å². The quantitative estimate of drug-likeness (QED) is 0.703. The summed E-state index contributed by atoms with van der Waals surface area (Å²) in [5, 5.41) is 3.45. The monoisotopic (exact) mass is 296 g/mol. The Labute approximate surface area is 122 Å². The standard InChI is InChI=1S/C12H20N6OS/c1-7-4-2-3-5-8(7)15-9(19)6-20-12-17-10(13)16-11(14)18-12/h7-8H,2-6H2,1H3,(H,15,19)(H4,13,14,16,17,18)/t7-,8+/m1/s1. The molecule has 1 saturated carbocycles. The maximum Gasteiger partial charge on any atom is 0.230 e. The number of carbonyl (C=O) groups is 1. The Balaban J connectivity index is 1.82. The number of nitrogens with two attached hydrogens (primary N) is 2. The molecule has 1 aromatic rings. The molecule has 8 heteroatoms. The SMILES string of the molecule is C[C@@H]1CCCC[C@@H]1NC(=O)CSc1nc(N)nc(N)n1. The Morgan fingerprint density at radius 1 is 1.25 bits per heavy atom. The maximum absolute atomic E-state index is 11.9. The molecule has 20 heavy (non-hydrogen) atoms. The van der Waals surface area contributed by atoms with E-state index in [9.17, 15) is 4.79 Å². The van der Waals surface area contributed by atoms with Crippen LogP contribution in [0.2, 0.25) is 0 Å². The smallest absolute Gasteiger partial charge is 0.230 e. The van der Waals surface area contributed by atoms with Crippen LogP contribution in [0.5, 0.6) is 0 Å². The minimum atomic E-state index is -0.00805. The number of aromatic nitrogens is 3.